The molecule has 0 bridgehead atoms. The number of hydrogen-bond acceptors (Lipinski definition) is 2. The van der Waals surface area contributed by atoms with Crippen molar-refractivity contribution in [1.82, 2.24) is 4.98 Å². The standard InChI is InChI=1S/C9H11BrF2N2/c1-6-2-4-13-9(8(6)10)14-5-3-7(11)12/h2,4,7H,3,5H2,1H3,(H,13,14). The SMILES string of the molecule is Cc1ccnc(NCCC(F)F)c1Br. The molecule has 0 atom stereocenters. The van der Waals surface area contributed by atoms with Crippen LogP contribution in [-0.2, 0) is 0 Å². The summed E-state index contributed by atoms with van der Waals surface area (Å²) < 4.78 is 24.5. The summed E-state index contributed by atoms with van der Waals surface area (Å²) in [4.78, 5) is 4.03. The number of anilines is 1. The number of hydrogen-bond donors (Lipinski definition) is 1. The molecule has 0 aromatic carbocycles. The number of halogens is 3. The van der Waals surface area contributed by atoms with E-state index in [9.17, 15) is 8.78 Å². The van der Waals surface area contributed by atoms with Crippen LogP contribution in [0.3, 0.4) is 0 Å². The lowest BCUT2D eigenvalue weighted by Crippen LogP contribution is -2.08. The normalized spacial score (nSPS) is 10.6. The molecule has 0 aliphatic carbocycles. The van der Waals surface area contributed by atoms with E-state index in [0.717, 1.165) is 10.0 Å². The Kier molecular flexibility index (Phi) is 4.25. The van der Waals surface area contributed by atoms with Gasteiger partial charge < -0.3 is 5.32 Å². The highest BCUT2D eigenvalue weighted by molar-refractivity contribution is 9.10. The second-order valence-electron chi connectivity index (χ2n) is 2.90. The second kappa shape index (κ2) is 5.24. The zero-order valence-corrected chi connectivity index (χ0v) is 9.31. The lowest BCUT2D eigenvalue weighted by molar-refractivity contribution is 0.142. The molecule has 5 heteroatoms. The summed E-state index contributed by atoms with van der Waals surface area (Å²) in [6.07, 6.45) is -0.793. The Morgan fingerprint density at radius 2 is 2.29 bits per heavy atom. The predicted octanol–water partition coefficient (Wildman–Crippen LogP) is 3.22. The molecule has 1 aromatic rings. The summed E-state index contributed by atoms with van der Waals surface area (Å²) in [6.45, 7) is 2.15. The highest BCUT2D eigenvalue weighted by atomic mass is 79.9. The molecule has 1 aromatic heterocycles. The van der Waals surface area contributed by atoms with Crippen LogP contribution in [0.1, 0.15) is 12.0 Å². The van der Waals surface area contributed by atoms with Crippen LogP contribution < -0.4 is 5.32 Å². The Hall–Kier alpha value is -0.710. The second-order valence-corrected chi connectivity index (χ2v) is 3.69. The van der Waals surface area contributed by atoms with E-state index >= 15 is 0 Å². The van der Waals surface area contributed by atoms with Gasteiger partial charge in [0.1, 0.15) is 5.82 Å². The van der Waals surface area contributed by atoms with Gasteiger partial charge in [-0.15, -0.1) is 0 Å². The van der Waals surface area contributed by atoms with E-state index in [1.807, 2.05) is 13.0 Å². The third-order valence-electron chi connectivity index (χ3n) is 1.74. The molecule has 0 aliphatic rings. The van der Waals surface area contributed by atoms with Crippen molar-refractivity contribution in [2.45, 2.75) is 19.8 Å². The fraction of sp³-hybridized carbons (Fsp3) is 0.444. The molecule has 0 fully saturated rings. The molecule has 14 heavy (non-hydrogen) atoms. The van der Waals surface area contributed by atoms with Crippen LogP contribution in [0.5, 0.6) is 0 Å². The number of alkyl halides is 2. The van der Waals surface area contributed by atoms with Crippen molar-refractivity contribution in [2.24, 2.45) is 0 Å². The topological polar surface area (TPSA) is 24.9 Å². The van der Waals surface area contributed by atoms with Crippen LogP contribution >= 0.6 is 15.9 Å². The number of aromatic nitrogens is 1. The van der Waals surface area contributed by atoms with Gasteiger partial charge in [-0.25, -0.2) is 13.8 Å². The van der Waals surface area contributed by atoms with Gasteiger partial charge in [-0.05, 0) is 34.5 Å². The molecule has 0 radical (unpaired) electrons. The molecule has 0 amide bonds. The van der Waals surface area contributed by atoms with E-state index in [-0.39, 0.29) is 13.0 Å². The van der Waals surface area contributed by atoms with Crippen molar-refractivity contribution in [3.05, 3.63) is 22.3 Å². The zero-order valence-electron chi connectivity index (χ0n) is 7.73. The minimum Gasteiger partial charge on any atom is -0.369 e. The average Bonchev–Trinajstić information content (AvgIpc) is 2.12. The van der Waals surface area contributed by atoms with Crippen LogP contribution in [-0.4, -0.2) is 18.0 Å². The van der Waals surface area contributed by atoms with E-state index in [2.05, 4.69) is 26.2 Å². The molecule has 1 N–H and O–H groups in total. The fourth-order valence-electron chi connectivity index (χ4n) is 0.963. The Labute approximate surface area is 89.9 Å². The van der Waals surface area contributed by atoms with Gasteiger partial charge in [0.15, 0.2) is 0 Å². The van der Waals surface area contributed by atoms with E-state index in [1.54, 1.807) is 6.20 Å². The molecule has 1 rings (SSSR count). The van der Waals surface area contributed by atoms with Crippen LogP contribution in [0.4, 0.5) is 14.6 Å². The maximum Gasteiger partial charge on any atom is 0.240 e. The highest BCUT2D eigenvalue weighted by Crippen LogP contribution is 2.23. The van der Waals surface area contributed by atoms with Crippen LogP contribution in [0.25, 0.3) is 0 Å². The summed E-state index contributed by atoms with van der Waals surface area (Å²) in [7, 11) is 0. The predicted molar refractivity (Wildman–Crippen MR) is 55.8 cm³/mol. The lowest BCUT2D eigenvalue weighted by atomic mass is 10.3. The molecule has 0 spiro atoms. The summed E-state index contributed by atoms with van der Waals surface area (Å²) >= 11 is 3.33. The Morgan fingerprint density at radius 3 is 2.93 bits per heavy atom. The first-order valence-corrected chi connectivity index (χ1v) is 5.03. The Balaban J connectivity index is 2.54. The minimum atomic E-state index is -2.27. The summed E-state index contributed by atoms with van der Waals surface area (Å²) in [6, 6.07) is 1.85. The molecule has 1 heterocycles. The van der Waals surface area contributed by atoms with Gasteiger partial charge in [0, 0.05) is 19.2 Å². The van der Waals surface area contributed by atoms with Crippen molar-refractivity contribution in [3.8, 4) is 0 Å². The summed E-state index contributed by atoms with van der Waals surface area (Å²) in [5.41, 5.74) is 1.03. The molecule has 78 valence electrons. The monoisotopic (exact) mass is 264 g/mol. The summed E-state index contributed by atoms with van der Waals surface area (Å²) in [5, 5.41) is 2.85. The molecular formula is C9H11BrF2N2. The minimum absolute atomic E-state index is 0.165. The van der Waals surface area contributed by atoms with E-state index in [4.69, 9.17) is 0 Å². The summed E-state index contributed by atoms with van der Waals surface area (Å²) in [5.74, 6) is 0.616. The first-order valence-electron chi connectivity index (χ1n) is 4.24. The fourth-order valence-corrected chi connectivity index (χ4v) is 1.34. The number of rotatable bonds is 4. The Bertz CT molecular complexity index is 305. The van der Waals surface area contributed by atoms with Gasteiger partial charge in [0.05, 0.1) is 4.47 Å². The van der Waals surface area contributed by atoms with Crippen LogP contribution in [0.15, 0.2) is 16.7 Å². The molecule has 0 saturated carbocycles. The van der Waals surface area contributed by atoms with Crippen molar-refractivity contribution in [1.29, 1.82) is 0 Å². The number of nitrogens with one attached hydrogen (secondary N) is 1. The number of aryl methyl sites for hydroxylation is 1. The van der Waals surface area contributed by atoms with E-state index in [1.165, 1.54) is 0 Å². The van der Waals surface area contributed by atoms with Gasteiger partial charge in [0.25, 0.3) is 0 Å². The highest BCUT2D eigenvalue weighted by Gasteiger charge is 2.05. The zero-order chi connectivity index (χ0) is 10.6. The van der Waals surface area contributed by atoms with Crippen molar-refractivity contribution in [2.75, 3.05) is 11.9 Å². The molecule has 0 saturated heterocycles. The lowest BCUT2D eigenvalue weighted by Gasteiger charge is -2.08. The van der Waals surface area contributed by atoms with Gasteiger partial charge in [-0.2, -0.15) is 0 Å². The van der Waals surface area contributed by atoms with Gasteiger partial charge >= 0.3 is 0 Å². The van der Waals surface area contributed by atoms with Crippen molar-refractivity contribution >= 4 is 21.7 Å². The molecule has 0 unspecified atom stereocenters. The largest absolute Gasteiger partial charge is 0.369 e. The third kappa shape index (κ3) is 3.21. The smallest absolute Gasteiger partial charge is 0.240 e. The van der Waals surface area contributed by atoms with Crippen LogP contribution in [0.2, 0.25) is 0 Å². The quantitative estimate of drug-likeness (QED) is 0.904. The number of pyridine rings is 1. The van der Waals surface area contributed by atoms with Crippen molar-refractivity contribution < 1.29 is 8.78 Å². The van der Waals surface area contributed by atoms with Gasteiger partial charge in [-0.1, -0.05) is 0 Å². The van der Waals surface area contributed by atoms with Crippen LogP contribution in [0, 0.1) is 6.92 Å². The molecular weight excluding hydrogens is 254 g/mol. The Morgan fingerprint density at radius 1 is 1.57 bits per heavy atom. The van der Waals surface area contributed by atoms with E-state index in [0.29, 0.717) is 5.82 Å². The number of nitrogens with zero attached hydrogens (tertiary/aromatic N) is 1. The molecule has 2 nitrogen and oxygen atoms in total. The first kappa shape index (κ1) is 11.4. The van der Waals surface area contributed by atoms with Gasteiger partial charge in [0.2, 0.25) is 6.43 Å². The first-order chi connectivity index (χ1) is 6.61. The van der Waals surface area contributed by atoms with Crippen molar-refractivity contribution in [3.63, 3.8) is 0 Å². The van der Waals surface area contributed by atoms with E-state index < -0.39 is 6.43 Å². The molecule has 0 aliphatic heterocycles. The maximum absolute atomic E-state index is 11.8. The third-order valence-corrected chi connectivity index (χ3v) is 2.74. The maximum atomic E-state index is 11.8. The average molecular weight is 265 g/mol. The van der Waals surface area contributed by atoms with Gasteiger partial charge in [-0.3, -0.25) is 0 Å².